The summed E-state index contributed by atoms with van der Waals surface area (Å²) in [5, 5.41) is 0. The first kappa shape index (κ1) is 11.1. The van der Waals surface area contributed by atoms with Crippen LogP contribution in [0.15, 0.2) is 24.3 Å². The standard InChI is InChI=1S/C12H14BrFO/c1-12(7-2-8-15-12)11(13)9-3-5-10(14)6-4-9/h3-6,11H,2,7-8H2,1H3. The van der Waals surface area contributed by atoms with Crippen LogP contribution in [-0.2, 0) is 4.74 Å². The Morgan fingerprint density at radius 3 is 2.60 bits per heavy atom. The molecular weight excluding hydrogens is 259 g/mol. The first-order chi connectivity index (χ1) is 7.12. The minimum absolute atomic E-state index is 0.133. The Kier molecular flexibility index (Phi) is 3.12. The Balaban J connectivity index is 2.19. The van der Waals surface area contributed by atoms with E-state index in [0.717, 1.165) is 25.0 Å². The van der Waals surface area contributed by atoms with Gasteiger partial charge in [0.1, 0.15) is 5.82 Å². The molecule has 1 aromatic rings. The van der Waals surface area contributed by atoms with E-state index in [1.807, 2.05) is 12.1 Å². The highest BCUT2D eigenvalue weighted by Crippen LogP contribution is 2.42. The third kappa shape index (κ3) is 2.23. The van der Waals surface area contributed by atoms with E-state index in [2.05, 4.69) is 22.9 Å². The minimum Gasteiger partial charge on any atom is -0.374 e. The van der Waals surface area contributed by atoms with Crippen LogP contribution >= 0.6 is 15.9 Å². The van der Waals surface area contributed by atoms with Crippen LogP contribution in [0, 0.1) is 5.82 Å². The first-order valence-electron chi connectivity index (χ1n) is 5.15. The van der Waals surface area contributed by atoms with Gasteiger partial charge in [-0.15, -0.1) is 0 Å². The molecule has 3 heteroatoms. The Bertz CT molecular complexity index is 330. The summed E-state index contributed by atoms with van der Waals surface area (Å²) in [4.78, 5) is 0.133. The summed E-state index contributed by atoms with van der Waals surface area (Å²) in [7, 11) is 0. The monoisotopic (exact) mass is 272 g/mol. The number of rotatable bonds is 2. The molecule has 1 heterocycles. The fraction of sp³-hybridized carbons (Fsp3) is 0.500. The lowest BCUT2D eigenvalue weighted by Crippen LogP contribution is -2.28. The van der Waals surface area contributed by atoms with Gasteiger partial charge in [-0.05, 0) is 37.5 Å². The quantitative estimate of drug-likeness (QED) is 0.744. The van der Waals surface area contributed by atoms with Gasteiger partial charge in [0, 0.05) is 6.61 Å². The lowest BCUT2D eigenvalue weighted by Gasteiger charge is -2.29. The van der Waals surface area contributed by atoms with Crippen molar-refractivity contribution in [3.05, 3.63) is 35.6 Å². The van der Waals surface area contributed by atoms with Gasteiger partial charge >= 0.3 is 0 Å². The summed E-state index contributed by atoms with van der Waals surface area (Å²) in [6.07, 6.45) is 2.14. The van der Waals surface area contributed by atoms with Crippen LogP contribution in [0.3, 0.4) is 0 Å². The molecule has 0 aliphatic carbocycles. The lowest BCUT2D eigenvalue weighted by molar-refractivity contribution is 0.0197. The summed E-state index contributed by atoms with van der Waals surface area (Å²) < 4.78 is 18.5. The molecule has 1 aliphatic heterocycles. The molecule has 82 valence electrons. The maximum atomic E-state index is 12.8. The molecular formula is C12H14BrFO. The van der Waals surface area contributed by atoms with Crippen LogP contribution in [0.5, 0.6) is 0 Å². The van der Waals surface area contributed by atoms with E-state index in [0.29, 0.717) is 0 Å². The number of alkyl halides is 1. The van der Waals surface area contributed by atoms with Gasteiger partial charge in [0.2, 0.25) is 0 Å². The fourth-order valence-corrected chi connectivity index (χ4v) is 2.65. The number of hydrogen-bond donors (Lipinski definition) is 0. The van der Waals surface area contributed by atoms with E-state index >= 15 is 0 Å². The second kappa shape index (κ2) is 4.22. The summed E-state index contributed by atoms with van der Waals surface area (Å²) >= 11 is 3.65. The molecule has 1 nitrogen and oxygen atoms in total. The van der Waals surface area contributed by atoms with Crippen LogP contribution in [0.2, 0.25) is 0 Å². The fourth-order valence-electron chi connectivity index (χ4n) is 1.98. The van der Waals surface area contributed by atoms with Gasteiger partial charge < -0.3 is 4.74 Å². The number of halogens is 2. The molecule has 1 fully saturated rings. The van der Waals surface area contributed by atoms with Gasteiger partial charge in [0.15, 0.2) is 0 Å². The molecule has 0 spiro atoms. The zero-order valence-electron chi connectivity index (χ0n) is 8.67. The molecule has 0 aromatic heterocycles. The van der Waals surface area contributed by atoms with Crippen LogP contribution in [0.25, 0.3) is 0 Å². The molecule has 1 saturated heterocycles. The van der Waals surface area contributed by atoms with Crippen LogP contribution in [0.1, 0.15) is 30.2 Å². The highest BCUT2D eigenvalue weighted by Gasteiger charge is 2.37. The maximum Gasteiger partial charge on any atom is 0.123 e. The van der Waals surface area contributed by atoms with Crippen molar-refractivity contribution in [1.29, 1.82) is 0 Å². The van der Waals surface area contributed by atoms with Crippen LogP contribution in [0.4, 0.5) is 4.39 Å². The van der Waals surface area contributed by atoms with Gasteiger partial charge in [-0.3, -0.25) is 0 Å². The SMILES string of the molecule is CC1(C(Br)c2ccc(F)cc2)CCCO1. The van der Waals surface area contributed by atoms with Gasteiger partial charge in [-0.25, -0.2) is 4.39 Å². The van der Waals surface area contributed by atoms with E-state index in [1.54, 1.807) is 0 Å². The van der Waals surface area contributed by atoms with E-state index in [9.17, 15) is 4.39 Å². The molecule has 1 aromatic carbocycles. The largest absolute Gasteiger partial charge is 0.374 e. The van der Waals surface area contributed by atoms with Crippen LogP contribution < -0.4 is 0 Å². The molecule has 2 atom stereocenters. The van der Waals surface area contributed by atoms with Gasteiger partial charge in [-0.2, -0.15) is 0 Å². The second-order valence-electron chi connectivity index (χ2n) is 4.18. The Morgan fingerprint density at radius 2 is 2.07 bits per heavy atom. The topological polar surface area (TPSA) is 9.23 Å². The predicted molar refractivity (Wildman–Crippen MR) is 61.7 cm³/mol. The lowest BCUT2D eigenvalue weighted by atomic mass is 9.93. The van der Waals surface area contributed by atoms with Crippen molar-refractivity contribution in [1.82, 2.24) is 0 Å². The molecule has 0 bridgehead atoms. The van der Waals surface area contributed by atoms with E-state index in [-0.39, 0.29) is 16.2 Å². The van der Waals surface area contributed by atoms with Crippen molar-refractivity contribution < 1.29 is 9.13 Å². The molecule has 15 heavy (non-hydrogen) atoms. The second-order valence-corrected chi connectivity index (χ2v) is 5.09. The molecule has 2 rings (SSSR count). The predicted octanol–water partition coefficient (Wildman–Crippen LogP) is 3.83. The molecule has 1 aliphatic rings. The molecule has 0 amide bonds. The van der Waals surface area contributed by atoms with E-state index < -0.39 is 0 Å². The van der Waals surface area contributed by atoms with Crippen LogP contribution in [-0.4, -0.2) is 12.2 Å². The Labute approximate surface area is 97.8 Å². The smallest absolute Gasteiger partial charge is 0.123 e. The van der Waals surface area contributed by atoms with Gasteiger partial charge in [0.05, 0.1) is 10.4 Å². The summed E-state index contributed by atoms with van der Waals surface area (Å²) in [5.74, 6) is -0.198. The first-order valence-corrected chi connectivity index (χ1v) is 6.07. The molecule has 0 N–H and O–H groups in total. The zero-order chi connectivity index (χ0) is 10.9. The third-order valence-corrected chi connectivity index (χ3v) is 4.45. The van der Waals surface area contributed by atoms with Crippen molar-refractivity contribution in [3.8, 4) is 0 Å². The van der Waals surface area contributed by atoms with E-state index in [4.69, 9.17) is 4.74 Å². The van der Waals surface area contributed by atoms with Crippen molar-refractivity contribution in [2.24, 2.45) is 0 Å². The highest BCUT2D eigenvalue weighted by molar-refractivity contribution is 9.09. The summed E-state index contributed by atoms with van der Waals surface area (Å²) in [5.41, 5.74) is 0.915. The number of ether oxygens (including phenoxy) is 1. The van der Waals surface area contributed by atoms with Crippen molar-refractivity contribution in [3.63, 3.8) is 0 Å². The average molecular weight is 273 g/mol. The van der Waals surface area contributed by atoms with Crippen molar-refractivity contribution in [2.45, 2.75) is 30.2 Å². The average Bonchev–Trinajstić information content (AvgIpc) is 2.67. The van der Waals surface area contributed by atoms with E-state index in [1.165, 1.54) is 12.1 Å². The van der Waals surface area contributed by atoms with Crippen molar-refractivity contribution in [2.75, 3.05) is 6.61 Å². The maximum absolute atomic E-state index is 12.8. The highest BCUT2D eigenvalue weighted by atomic mass is 79.9. The van der Waals surface area contributed by atoms with Gasteiger partial charge in [0.25, 0.3) is 0 Å². The zero-order valence-corrected chi connectivity index (χ0v) is 10.3. The molecule has 2 unspecified atom stereocenters. The van der Waals surface area contributed by atoms with Crippen molar-refractivity contribution >= 4 is 15.9 Å². The Morgan fingerprint density at radius 1 is 1.40 bits per heavy atom. The minimum atomic E-state index is -0.198. The molecule has 0 saturated carbocycles. The normalized spacial score (nSPS) is 27.9. The Hall–Kier alpha value is -0.410. The van der Waals surface area contributed by atoms with Gasteiger partial charge in [-0.1, -0.05) is 28.1 Å². The summed E-state index contributed by atoms with van der Waals surface area (Å²) in [6.45, 7) is 2.92. The molecule has 0 radical (unpaired) electrons. The summed E-state index contributed by atoms with van der Waals surface area (Å²) in [6, 6.07) is 6.59. The number of benzene rings is 1. The number of hydrogen-bond acceptors (Lipinski definition) is 1. The third-order valence-electron chi connectivity index (χ3n) is 2.95.